The Morgan fingerprint density at radius 3 is 2.34 bits per heavy atom. The van der Waals surface area contributed by atoms with Gasteiger partial charge in [-0.3, -0.25) is 9.59 Å². The quantitative estimate of drug-likeness (QED) is 0.752. The Morgan fingerprint density at radius 1 is 1.03 bits per heavy atom. The number of carboxylic acid groups (broad SMARTS) is 1. The fourth-order valence-corrected chi connectivity index (χ4v) is 5.83. The number of carboxylic acids is 1. The monoisotopic (exact) mass is 434 g/mol. The van der Waals surface area contributed by atoms with Gasteiger partial charge in [0, 0.05) is 18.5 Å². The van der Waals surface area contributed by atoms with E-state index in [-0.39, 0.29) is 31.0 Å². The minimum atomic E-state index is -0.820. The first-order valence-corrected chi connectivity index (χ1v) is 11.1. The number of aliphatic carboxylic acids is 1. The molecule has 2 amide bonds. The van der Waals surface area contributed by atoms with Crippen LogP contribution in [0, 0.1) is 5.41 Å². The van der Waals surface area contributed by atoms with Gasteiger partial charge in [0.2, 0.25) is 5.91 Å². The van der Waals surface area contributed by atoms with Crippen LogP contribution in [0.3, 0.4) is 0 Å². The van der Waals surface area contributed by atoms with Crippen molar-refractivity contribution < 1.29 is 24.2 Å². The predicted molar refractivity (Wildman–Crippen MR) is 117 cm³/mol. The van der Waals surface area contributed by atoms with E-state index in [0.29, 0.717) is 25.8 Å². The molecule has 2 fully saturated rings. The van der Waals surface area contributed by atoms with Gasteiger partial charge in [-0.1, -0.05) is 55.0 Å². The second-order valence-corrected chi connectivity index (χ2v) is 8.89. The first-order valence-electron chi connectivity index (χ1n) is 11.1. The van der Waals surface area contributed by atoms with Gasteiger partial charge < -0.3 is 20.1 Å². The Morgan fingerprint density at radius 2 is 1.69 bits per heavy atom. The molecule has 0 aromatic heterocycles. The van der Waals surface area contributed by atoms with Crippen LogP contribution in [0.1, 0.15) is 42.7 Å². The molecule has 7 nitrogen and oxygen atoms in total. The number of hydrogen-bond acceptors (Lipinski definition) is 4. The van der Waals surface area contributed by atoms with Gasteiger partial charge in [-0.2, -0.15) is 0 Å². The van der Waals surface area contributed by atoms with E-state index < -0.39 is 17.5 Å². The van der Waals surface area contributed by atoms with Gasteiger partial charge >= 0.3 is 12.1 Å². The van der Waals surface area contributed by atoms with Gasteiger partial charge in [-0.25, -0.2) is 4.79 Å². The zero-order valence-corrected chi connectivity index (χ0v) is 17.8. The zero-order chi connectivity index (χ0) is 22.3. The highest BCUT2D eigenvalue weighted by atomic mass is 16.5. The largest absolute Gasteiger partial charge is 0.481 e. The van der Waals surface area contributed by atoms with E-state index in [1.54, 1.807) is 4.90 Å². The molecular formula is C25H26N2O5. The normalized spacial score (nSPS) is 23.4. The van der Waals surface area contributed by atoms with E-state index in [1.807, 2.05) is 24.3 Å². The van der Waals surface area contributed by atoms with Crippen LogP contribution in [-0.2, 0) is 14.3 Å². The summed E-state index contributed by atoms with van der Waals surface area (Å²) < 4.78 is 5.48. The molecule has 3 aliphatic rings. The van der Waals surface area contributed by atoms with Crippen molar-refractivity contribution in [2.75, 3.05) is 19.7 Å². The lowest BCUT2D eigenvalue weighted by molar-refractivity contribution is -0.150. The molecule has 1 saturated carbocycles. The number of likely N-dealkylation sites (tertiary alicyclic amines) is 1. The lowest BCUT2D eigenvalue weighted by atomic mass is 9.82. The van der Waals surface area contributed by atoms with Crippen LogP contribution in [0.25, 0.3) is 11.1 Å². The van der Waals surface area contributed by atoms with E-state index in [0.717, 1.165) is 28.7 Å². The molecule has 2 aromatic carbocycles. The van der Waals surface area contributed by atoms with Gasteiger partial charge in [0.25, 0.3) is 0 Å². The molecule has 32 heavy (non-hydrogen) atoms. The van der Waals surface area contributed by atoms with Gasteiger partial charge in [0.15, 0.2) is 0 Å². The van der Waals surface area contributed by atoms with E-state index >= 15 is 0 Å². The van der Waals surface area contributed by atoms with Gasteiger partial charge in [-0.15, -0.1) is 0 Å². The Balaban J connectivity index is 1.18. The first kappa shape index (κ1) is 20.5. The summed E-state index contributed by atoms with van der Waals surface area (Å²) in [6.45, 7) is 0.410. The van der Waals surface area contributed by atoms with Gasteiger partial charge in [-0.05, 0) is 41.5 Å². The summed E-state index contributed by atoms with van der Waals surface area (Å²) in [7, 11) is 0. The minimum absolute atomic E-state index is 0.0443. The lowest BCUT2D eigenvalue weighted by Crippen LogP contribution is -2.46. The molecule has 1 heterocycles. The number of carbonyl (C=O) groups is 3. The SMILES string of the molecule is O=C(NCC(=O)N1CCC2(C(=O)O)CCCC12)OCC1c2ccccc2-c2ccccc21. The Bertz CT molecular complexity index is 1040. The number of amides is 2. The van der Waals surface area contributed by atoms with E-state index in [9.17, 15) is 19.5 Å². The summed E-state index contributed by atoms with van der Waals surface area (Å²) in [4.78, 5) is 38.5. The molecule has 2 atom stereocenters. The number of rotatable bonds is 5. The third-order valence-electron chi connectivity index (χ3n) is 7.39. The molecule has 2 aliphatic carbocycles. The fraction of sp³-hybridized carbons (Fsp3) is 0.400. The topological polar surface area (TPSA) is 95.9 Å². The van der Waals surface area contributed by atoms with E-state index in [4.69, 9.17) is 4.74 Å². The number of ether oxygens (including phenoxy) is 1. The number of alkyl carbamates (subject to hydrolysis) is 1. The number of fused-ring (bicyclic) bond motifs is 4. The maximum absolute atomic E-state index is 12.7. The van der Waals surface area contributed by atoms with Crippen molar-refractivity contribution in [2.24, 2.45) is 5.41 Å². The average Bonchev–Trinajstić information content (AvgIpc) is 3.47. The molecule has 0 radical (unpaired) electrons. The second-order valence-electron chi connectivity index (χ2n) is 8.89. The molecule has 0 bridgehead atoms. The lowest BCUT2D eigenvalue weighted by Gasteiger charge is -2.28. The average molecular weight is 434 g/mol. The second kappa shape index (κ2) is 7.97. The molecule has 2 aromatic rings. The third kappa shape index (κ3) is 3.23. The fourth-order valence-electron chi connectivity index (χ4n) is 5.83. The van der Waals surface area contributed by atoms with Crippen molar-refractivity contribution in [3.63, 3.8) is 0 Å². The van der Waals surface area contributed by atoms with E-state index in [1.165, 1.54) is 0 Å². The van der Waals surface area contributed by atoms with Gasteiger partial charge in [0.05, 0.1) is 5.41 Å². The Hall–Kier alpha value is -3.35. The first-order chi connectivity index (χ1) is 15.5. The minimum Gasteiger partial charge on any atom is -0.481 e. The summed E-state index contributed by atoms with van der Waals surface area (Å²) in [5, 5.41) is 12.2. The maximum atomic E-state index is 12.7. The van der Waals surface area contributed by atoms with Gasteiger partial charge in [0.1, 0.15) is 13.2 Å². The molecule has 5 rings (SSSR count). The Labute approximate surface area is 186 Å². The number of hydrogen-bond donors (Lipinski definition) is 2. The van der Waals surface area contributed by atoms with Crippen LogP contribution < -0.4 is 5.32 Å². The smallest absolute Gasteiger partial charge is 0.407 e. The van der Waals surface area contributed by atoms with Crippen LogP contribution in [-0.4, -0.2) is 53.7 Å². The highest BCUT2D eigenvalue weighted by molar-refractivity contribution is 5.85. The van der Waals surface area contributed by atoms with Crippen LogP contribution in [0.5, 0.6) is 0 Å². The van der Waals surface area contributed by atoms with Crippen LogP contribution in [0.15, 0.2) is 48.5 Å². The van der Waals surface area contributed by atoms with Crippen molar-refractivity contribution in [1.82, 2.24) is 10.2 Å². The summed E-state index contributed by atoms with van der Waals surface area (Å²) in [5.74, 6) is -1.12. The molecule has 1 aliphatic heterocycles. The number of benzene rings is 2. The van der Waals surface area contributed by atoms with Crippen LogP contribution >= 0.6 is 0 Å². The van der Waals surface area contributed by atoms with Crippen molar-refractivity contribution >= 4 is 18.0 Å². The van der Waals surface area contributed by atoms with Crippen molar-refractivity contribution in [3.05, 3.63) is 59.7 Å². The highest BCUT2D eigenvalue weighted by Gasteiger charge is 2.56. The van der Waals surface area contributed by atoms with Crippen molar-refractivity contribution in [2.45, 2.75) is 37.6 Å². The van der Waals surface area contributed by atoms with Crippen LogP contribution in [0.4, 0.5) is 4.79 Å². The number of nitrogens with one attached hydrogen (secondary N) is 1. The number of carbonyl (C=O) groups excluding carboxylic acids is 2. The summed E-state index contributed by atoms with van der Waals surface area (Å²) in [6, 6.07) is 15.9. The zero-order valence-electron chi connectivity index (χ0n) is 17.8. The predicted octanol–water partition coefficient (Wildman–Crippen LogP) is 3.38. The third-order valence-corrected chi connectivity index (χ3v) is 7.39. The molecule has 1 saturated heterocycles. The molecule has 0 spiro atoms. The molecule has 2 N–H and O–H groups in total. The van der Waals surface area contributed by atoms with Crippen LogP contribution in [0.2, 0.25) is 0 Å². The molecule has 2 unspecified atom stereocenters. The molecule has 7 heteroatoms. The van der Waals surface area contributed by atoms with Crippen molar-refractivity contribution in [3.8, 4) is 11.1 Å². The standard InChI is InChI=1S/C25H26N2O5/c28-22(27-13-12-25(23(29)30)11-5-10-21(25)27)14-26-24(31)32-15-20-18-8-3-1-6-16(18)17-7-2-4-9-19(17)20/h1-4,6-9,20-21H,5,10-15H2,(H,26,31)(H,29,30). The summed E-state index contributed by atoms with van der Waals surface area (Å²) in [5.41, 5.74) is 3.74. The van der Waals surface area contributed by atoms with Crippen molar-refractivity contribution in [1.29, 1.82) is 0 Å². The highest BCUT2D eigenvalue weighted by Crippen LogP contribution is 2.49. The molecule has 166 valence electrons. The summed E-state index contributed by atoms with van der Waals surface area (Å²) in [6.07, 6.45) is 1.94. The molecular weight excluding hydrogens is 408 g/mol. The Kier molecular flexibility index (Phi) is 5.12. The summed E-state index contributed by atoms with van der Waals surface area (Å²) >= 11 is 0. The number of nitrogens with zero attached hydrogens (tertiary/aromatic N) is 1. The van der Waals surface area contributed by atoms with E-state index in [2.05, 4.69) is 29.6 Å². The maximum Gasteiger partial charge on any atom is 0.407 e.